The predicted molar refractivity (Wildman–Crippen MR) is 68.7 cm³/mol. The van der Waals surface area contributed by atoms with Crippen LogP contribution in [0.2, 0.25) is 5.02 Å². The molecule has 0 bridgehead atoms. The summed E-state index contributed by atoms with van der Waals surface area (Å²) in [6.07, 6.45) is 0. The molecule has 1 rings (SSSR count). The second kappa shape index (κ2) is 5.75. The Hall–Kier alpha value is -0.450. The van der Waals surface area contributed by atoms with E-state index >= 15 is 0 Å². The van der Waals surface area contributed by atoms with Gasteiger partial charge in [0.25, 0.3) is 0 Å². The zero-order valence-corrected chi connectivity index (χ0v) is 11.1. The van der Waals surface area contributed by atoms with E-state index in [-0.39, 0.29) is 11.7 Å². The molecule has 0 aliphatic carbocycles. The molecule has 0 aliphatic heterocycles. The number of nitrogens with one attached hydrogen (secondary N) is 1. The van der Waals surface area contributed by atoms with Gasteiger partial charge in [0.15, 0.2) is 0 Å². The molecule has 0 saturated carbocycles. The van der Waals surface area contributed by atoms with Crippen molar-refractivity contribution in [2.45, 2.75) is 6.92 Å². The fourth-order valence-corrected chi connectivity index (χ4v) is 3.06. The van der Waals surface area contributed by atoms with Gasteiger partial charge in [-0.1, -0.05) is 24.6 Å². The zero-order chi connectivity index (χ0) is 12.2. The number of halogens is 2. The molecule has 0 spiro atoms. The van der Waals surface area contributed by atoms with Gasteiger partial charge in [0.05, 0.1) is 5.75 Å². The Labute approximate surface area is 106 Å². The van der Waals surface area contributed by atoms with Crippen LogP contribution in [0.15, 0.2) is 24.3 Å². The summed E-state index contributed by atoms with van der Waals surface area (Å²) in [4.78, 5) is 0. The van der Waals surface area contributed by atoms with Crippen molar-refractivity contribution >= 4 is 38.9 Å². The maximum atomic E-state index is 11.7. The fraction of sp³-hybridized carbons (Fsp3) is 0.400. The summed E-state index contributed by atoms with van der Waals surface area (Å²) in [5, 5.41) is 0.491. The van der Waals surface area contributed by atoms with Crippen LogP contribution in [0.4, 0.5) is 5.69 Å². The maximum absolute atomic E-state index is 11.7. The third-order valence-electron chi connectivity index (χ3n) is 1.87. The number of hydrogen-bond donors (Lipinski definition) is 1. The Morgan fingerprint density at radius 2 is 2.12 bits per heavy atom. The first-order valence-electron chi connectivity index (χ1n) is 4.75. The number of sulfonamides is 1. The van der Waals surface area contributed by atoms with Gasteiger partial charge < -0.3 is 0 Å². The van der Waals surface area contributed by atoms with Crippen molar-refractivity contribution in [2.24, 2.45) is 5.92 Å². The lowest BCUT2D eigenvalue weighted by atomic mass is 10.3. The van der Waals surface area contributed by atoms with Crippen LogP contribution in [0.25, 0.3) is 0 Å². The normalized spacial score (nSPS) is 13.4. The van der Waals surface area contributed by atoms with Crippen molar-refractivity contribution in [2.75, 3.05) is 16.4 Å². The van der Waals surface area contributed by atoms with Crippen LogP contribution in [0.1, 0.15) is 6.92 Å². The molecule has 1 unspecified atom stereocenters. The van der Waals surface area contributed by atoms with Crippen molar-refractivity contribution in [3.05, 3.63) is 29.3 Å². The molecule has 6 heteroatoms. The van der Waals surface area contributed by atoms with Crippen molar-refractivity contribution in [3.8, 4) is 0 Å². The summed E-state index contributed by atoms with van der Waals surface area (Å²) in [5.41, 5.74) is 0.467. The molecular weight excluding hydrogens is 269 g/mol. The van der Waals surface area contributed by atoms with E-state index in [4.69, 9.17) is 23.2 Å². The lowest BCUT2D eigenvalue weighted by Gasteiger charge is -2.11. The Kier molecular flexibility index (Phi) is 4.89. The van der Waals surface area contributed by atoms with Gasteiger partial charge in [-0.05, 0) is 24.1 Å². The van der Waals surface area contributed by atoms with Gasteiger partial charge in [0, 0.05) is 16.6 Å². The SMILES string of the molecule is CC(CCl)CS(=O)(=O)Nc1cccc(Cl)c1. The van der Waals surface area contributed by atoms with E-state index in [2.05, 4.69) is 4.72 Å². The summed E-state index contributed by atoms with van der Waals surface area (Å²) >= 11 is 11.3. The highest BCUT2D eigenvalue weighted by Gasteiger charge is 2.15. The van der Waals surface area contributed by atoms with Gasteiger partial charge in [-0.3, -0.25) is 4.72 Å². The lowest BCUT2D eigenvalue weighted by Crippen LogP contribution is -2.22. The molecule has 1 aromatic rings. The highest BCUT2D eigenvalue weighted by atomic mass is 35.5. The highest BCUT2D eigenvalue weighted by Crippen LogP contribution is 2.17. The quantitative estimate of drug-likeness (QED) is 0.844. The van der Waals surface area contributed by atoms with Crippen LogP contribution in [0.3, 0.4) is 0 Å². The maximum Gasteiger partial charge on any atom is 0.233 e. The lowest BCUT2D eigenvalue weighted by molar-refractivity contribution is 0.588. The topological polar surface area (TPSA) is 46.2 Å². The molecule has 1 N–H and O–H groups in total. The van der Waals surface area contributed by atoms with Crippen molar-refractivity contribution < 1.29 is 8.42 Å². The molecule has 0 radical (unpaired) electrons. The van der Waals surface area contributed by atoms with Crippen LogP contribution in [-0.4, -0.2) is 20.1 Å². The van der Waals surface area contributed by atoms with E-state index in [0.717, 1.165) is 0 Å². The minimum absolute atomic E-state index is 0.00299. The number of rotatable bonds is 5. The van der Waals surface area contributed by atoms with Crippen molar-refractivity contribution in [1.82, 2.24) is 0 Å². The molecule has 0 aromatic heterocycles. The van der Waals surface area contributed by atoms with Gasteiger partial charge in [-0.2, -0.15) is 0 Å². The summed E-state index contributed by atoms with van der Waals surface area (Å²) in [7, 11) is -3.36. The predicted octanol–water partition coefficient (Wildman–Crippen LogP) is 2.96. The van der Waals surface area contributed by atoms with Crippen LogP contribution in [0, 0.1) is 5.92 Å². The van der Waals surface area contributed by atoms with E-state index in [1.54, 1.807) is 31.2 Å². The first-order valence-corrected chi connectivity index (χ1v) is 7.31. The number of hydrogen-bond acceptors (Lipinski definition) is 2. The Morgan fingerprint density at radius 3 is 2.69 bits per heavy atom. The molecular formula is C10H13Cl2NO2S. The second-order valence-corrected chi connectivity index (χ2v) is 6.17. The van der Waals surface area contributed by atoms with E-state index in [0.29, 0.717) is 16.6 Å². The average Bonchev–Trinajstić information content (AvgIpc) is 2.15. The monoisotopic (exact) mass is 281 g/mol. The van der Waals surface area contributed by atoms with E-state index in [9.17, 15) is 8.42 Å². The largest absolute Gasteiger partial charge is 0.283 e. The van der Waals surface area contributed by atoms with Crippen LogP contribution in [0.5, 0.6) is 0 Å². The van der Waals surface area contributed by atoms with E-state index < -0.39 is 10.0 Å². The van der Waals surface area contributed by atoms with Crippen molar-refractivity contribution in [1.29, 1.82) is 0 Å². The number of alkyl halides is 1. The summed E-state index contributed by atoms with van der Waals surface area (Å²) in [6.45, 7) is 1.78. The van der Waals surface area contributed by atoms with Crippen LogP contribution < -0.4 is 4.72 Å². The second-order valence-electron chi connectivity index (χ2n) is 3.65. The zero-order valence-electron chi connectivity index (χ0n) is 8.78. The molecule has 0 fully saturated rings. The molecule has 0 amide bonds. The summed E-state index contributed by atoms with van der Waals surface area (Å²) in [5.74, 6) is 0.234. The molecule has 16 heavy (non-hydrogen) atoms. The van der Waals surface area contributed by atoms with Gasteiger partial charge in [-0.25, -0.2) is 8.42 Å². The number of benzene rings is 1. The summed E-state index contributed by atoms with van der Waals surface area (Å²) in [6, 6.07) is 6.57. The van der Waals surface area contributed by atoms with Gasteiger partial charge in [0.1, 0.15) is 0 Å². The van der Waals surface area contributed by atoms with Gasteiger partial charge in [-0.15, -0.1) is 11.6 Å². The fourth-order valence-electron chi connectivity index (χ4n) is 1.19. The Morgan fingerprint density at radius 1 is 1.44 bits per heavy atom. The molecule has 0 aliphatic rings. The molecule has 1 atom stereocenters. The highest BCUT2D eigenvalue weighted by molar-refractivity contribution is 7.92. The number of anilines is 1. The molecule has 0 saturated heterocycles. The van der Waals surface area contributed by atoms with Crippen molar-refractivity contribution in [3.63, 3.8) is 0 Å². The summed E-state index contributed by atoms with van der Waals surface area (Å²) < 4.78 is 25.8. The first-order chi connectivity index (χ1) is 7.43. The van der Waals surface area contributed by atoms with Crippen LogP contribution >= 0.6 is 23.2 Å². The Balaban J connectivity index is 2.73. The van der Waals surface area contributed by atoms with Gasteiger partial charge >= 0.3 is 0 Å². The minimum Gasteiger partial charge on any atom is -0.283 e. The van der Waals surface area contributed by atoms with Gasteiger partial charge in [0.2, 0.25) is 10.0 Å². The molecule has 1 aromatic carbocycles. The molecule has 0 heterocycles. The third-order valence-corrected chi connectivity index (χ3v) is 4.18. The third kappa shape index (κ3) is 4.60. The Bertz CT molecular complexity index is 448. The first kappa shape index (κ1) is 13.6. The van der Waals surface area contributed by atoms with Crippen LogP contribution in [-0.2, 0) is 10.0 Å². The van der Waals surface area contributed by atoms with E-state index in [1.165, 1.54) is 0 Å². The molecule has 3 nitrogen and oxygen atoms in total. The molecule has 90 valence electrons. The van der Waals surface area contributed by atoms with E-state index in [1.807, 2.05) is 0 Å². The smallest absolute Gasteiger partial charge is 0.233 e. The standard InChI is InChI=1S/C10H13Cl2NO2S/c1-8(6-11)7-16(14,15)13-10-4-2-3-9(12)5-10/h2-5,8,13H,6-7H2,1H3. The average molecular weight is 282 g/mol. The minimum atomic E-state index is -3.36.